The van der Waals surface area contributed by atoms with Gasteiger partial charge in [0.25, 0.3) is 5.91 Å². The maximum atomic E-state index is 13.6. The Kier molecular flexibility index (Phi) is 13.1. The van der Waals surface area contributed by atoms with Crippen LogP contribution in [0.5, 0.6) is 5.75 Å². The lowest BCUT2D eigenvalue weighted by molar-refractivity contribution is -0.146. The van der Waals surface area contributed by atoms with Gasteiger partial charge in [0.2, 0.25) is 0 Å². The van der Waals surface area contributed by atoms with E-state index in [-0.39, 0.29) is 18.7 Å². The maximum absolute atomic E-state index is 13.6. The summed E-state index contributed by atoms with van der Waals surface area (Å²) in [5.41, 5.74) is 9.88. The lowest BCUT2D eigenvalue weighted by atomic mass is 9.84. The molecule has 0 radical (unpaired) electrons. The van der Waals surface area contributed by atoms with E-state index < -0.39 is 23.3 Å². The van der Waals surface area contributed by atoms with Gasteiger partial charge in [0.15, 0.2) is 0 Å². The normalized spacial score (nSPS) is 12.2. The number of hydrogen-bond acceptors (Lipinski definition) is 8. The van der Waals surface area contributed by atoms with E-state index in [1.165, 1.54) is 7.11 Å². The van der Waals surface area contributed by atoms with Crippen LogP contribution in [-0.2, 0) is 20.8 Å². The van der Waals surface area contributed by atoms with Crippen LogP contribution >= 0.6 is 11.6 Å². The van der Waals surface area contributed by atoms with E-state index in [0.29, 0.717) is 36.2 Å². The van der Waals surface area contributed by atoms with Gasteiger partial charge in [-0.25, -0.2) is 4.98 Å². The molecule has 0 bridgehead atoms. The van der Waals surface area contributed by atoms with E-state index in [1.54, 1.807) is 12.1 Å². The Bertz CT molecular complexity index is 1410. The molecule has 0 fully saturated rings. The quantitative estimate of drug-likeness (QED) is 0.166. The smallest absolute Gasteiger partial charge is 0.307 e. The summed E-state index contributed by atoms with van der Waals surface area (Å²) in [7, 11) is 5.57. The van der Waals surface area contributed by atoms with Crippen LogP contribution in [0.1, 0.15) is 49.7 Å². The Labute approximate surface area is 266 Å². The number of methoxy groups -OCH3 is 1. The summed E-state index contributed by atoms with van der Waals surface area (Å²) in [6, 6.07) is 16.4. The number of carbonyl (C=O) groups is 2. The number of amides is 1. The van der Waals surface area contributed by atoms with Gasteiger partial charge >= 0.3 is 5.97 Å². The monoisotopic (exact) mass is 624 g/mol. The van der Waals surface area contributed by atoms with Crippen LogP contribution in [0.25, 0.3) is 22.4 Å². The minimum atomic E-state index is -0.495. The molecule has 1 unspecified atom stereocenters. The first-order valence-electron chi connectivity index (χ1n) is 14.8. The highest BCUT2D eigenvalue weighted by Gasteiger charge is 2.30. The van der Waals surface area contributed by atoms with Crippen molar-refractivity contribution in [2.45, 2.75) is 46.2 Å². The van der Waals surface area contributed by atoms with Gasteiger partial charge in [0.1, 0.15) is 18.1 Å². The van der Waals surface area contributed by atoms with Gasteiger partial charge in [-0.1, -0.05) is 62.7 Å². The lowest BCUT2D eigenvalue weighted by Crippen LogP contribution is -2.45. The lowest BCUT2D eigenvalue weighted by Gasteiger charge is -2.30. The SMILES string of the molecule is COCCOC(=O)CC(NC(=O)c1ccc(-c2ccccc2CN)c(-c2ccc(Cl)c(OCCCN(C)C)c2)n1)C(C)(C)C. The molecule has 0 aliphatic carbocycles. The van der Waals surface area contributed by atoms with Gasteiger partial charge in [0, 0.05) is 37.4 Å². The fourth-order valence-corrected chi connectivity index (χ4v) is 4.75. The molecule has 3 aromatic rings. The van der Waals surface area contributed by atoms with Crippen LogP contribution in [-0.4, -0.2) is 75.4 Å². The molecule has 1 atom stereocenters. The molecule has 0 saturated carbocycles. The second-order valence-electron chi connectivity index (χ2n) is 11.9. The molecule has 3 N–H and O–H groups in total. The number of ether oxygens (including phenoxy) is 3. The number of rotatable bonds is 15. The highest BCUT2D eigenvalue weighted by Crippen LogP contribution is 2.37. The average molecular weight is 625 g/mol. The zero-order valence-electron chi connectivity index (χ0n) is 26.6. The van der Waals surface area contributed by atoms with Crippen LogP contribution < -0.4 is 15.8 Å². The zero-order chi connectivity index (χ0) is 32.3. The van der Waals surface area contributed by atoms with Crippen molar-refractivity contribution >= 4 is 23.5 Å². The van der Waals surface area contributed by atoms with Crippen molar-refractivity contribution in [2.24, 2.45) is 11.1 Å². The first kappa shape index (κ1) is 35.0. The fraction of sp³-hybridized carbons (Fsp3) is 0.441. The number of halogens is 1. The molecule has 1 heterocycles. The third-order valence-electron chi connectivity index (χ3n) is 7.14. The number of esters is 1. The number of hydrogen-bond donors (Lipinski definition) is 2. The van der Waals surface area contributed by atoms with Crippen LogP contribution in [0.3, 0.4) is 0 Å². The maximum Gasteiger partial charge on any atom is 0.307 e. The fourth-order valence-electron chi connectivity index (χ4n) is 4.58. The summed E-state index contributed by atoms with van der Waals surface area (Å²) in [5.74, 6) is -0.273. The zero-order valence-corrected chi connectivity index (χ0v) is 27.4. The predicted octanol–water partition coefficient (Wildman–Crippen LogP) is 5.58. The highest BCUT2D eigenvalue weighted by molar-refractivity contribution is 6.32. The van der Waals surface area contributed by atoms with Gasteiger partial charge in [0.05, 0.1) is 30.4 Å². The summed E-state index contributed by atoms with van der Waals surface area (Å²) in [4.78, 5) is 33.1. The standard InChI is InChI=1S/C34H45ClN4O5/c1-34(2,3)30(21-31(40)44-19-18-42-6)38-33(41)28-15-13-26(25-11-8-7-10-24(25)22-36)32(37-28)23-12-14-27(35)29(20-23)43-17-9-16-39(4)5/h7-8,10-15,20,30H,9,16-19,21-22,36H2,1-6H3,(H,38,41). The van der Waals surface area contributed by atoms with Crippen molar-refractivity contribution < 1.29 is 23.8 Å². The van der Waals surface area contributed by atoms with Gasteiger partial charge in [-0.05, 0) is 61.3 Å². The molecule has 0 aliphatic heterocycles. The van der Waals surface area contributed by atoms with E-state index >= 15 is 0 Å². The van der Waals surface area contributed by atoms with Gasteiger partial charge < -0.3 is 30.2 Å². The Morgan fingerprint density at radius 3 is 2.45 bits per heavy atom. The minimum absolute atomic E-state index is 0.0134. The third-order valence-corrected chi connectivity index (χ3v) is 7.45. The molecule has 238 valence electrons. The number of carbonyl (C=O) groups excluding carboxylic acids is 2. The number of benzene rings is 2. The molecule has 1 aromatic heterocycles. The van der Waals surface area contributed by atoms with Crippen molar-refractivity contribution in [3.8, 4) is 28.1 Å². The summed E-state index contributed by atoms with van der Waals surface area (Å²) in [6.45, 7) is 8.06. The summed E-state index contributed by atoms with van der Waals surface area (Å²) in [5, 5.41) is 3.50. The molecular formula is C34H45ClN4O5. The van der Waals surface area contributed by atoms with Gasteiger partial charge in [-0.2, -0.15) is 0 Å². The molecular weight excluding hydrogens is 580 g/mol. The molecule has 3 rings (SSSR count). The van der Waals surface area contributed by atoms with E-state index in [2.05, 4.69) is 10.2 Å². The van der Waals surface area contributed by atoms with Crippen LogP contribution in [0.4, 0.5) is 0 Å². The Morgan fingerprint density at radius 2 is 1.77 bits per heavy atom. The second-order valence-corrected chi connectivity index (χ2v) is 12.3. The van der Waals surface area contributed by atoms with Crippen molar-refractivity contribution in [1.82, 2.24) is 15.2 Å². The van der Waals surface area contributed by atoms with E-state index in [4.69, 9.17) is 36.5 Å². The van der Waals surface area contributed by atoms with E-state index in [1.807, 2.05) is 77.3 Å². The van der Waals surface area contributed by atoms with Crippen molar-refractivity contribution in [2.75, 3.05) is 47.6 Å². The second kappa shape index (κ2) is 16.5. The summed E-state index contributed by atoms with van der Waals surface area (Å²) >= 11 is 6.51. The molecule has 0 saturated heterocycles. The van der Waals surface area contributed by atoms with Crippen molar-refractivity contribution in [3.05, 3.63) is 70.9 Å². The first-order valence-corrected chi connectivity index (χ1v) is 15.1. The first-order chi connectivity index (χ1) is 20.9. The number of nitrogens with zero attached hydrogens (tertiary/aromatic N) is 2. The van der Waals surface area contributed by atoms with Gasteiger partial charge in [-0.15, -0.1) is 0 Å². The van der Waals surface area contributed by atoms with E-state index in [9.17, 15) is 9.59 Å². The Morgan fingerprint density at radius 1 is 1.02 bits per heavy atom. The molecule has 2 aromatic carbocycles. The molecule has 0 aliphatic rings. The Balaban J connectivity index is 2.00. The molecule has 1 amide bonds. The molecule has 10 heteroatoms. The van der Waals surface area contributed by atoms with Gasteiger partial charge in [-0.3, -0.25) is 9.59 Å². The summed E-state index contributed by atoms with van der Waals surface area (Å²) in [6.07, 6.45) is 0.852. The Hall–Kier alpha value is -3.50. The molecule has 0 spiro atoms. The van der Waals surface area contributed by atoms with E-state index in [0.717, 1.165) is 35.2 Å². The van der Waals surface area contributed by atoms with Crippen LogP contribution in [0.2, 0.25) is 5.02 Å². The van der Waals surface area contributed by atoms with Crippen LogP contribution in [0.15, 0.2) is 54.6 Å². The average Bonchev–Trinajstić information content (AvgIpc) is 2.99. The highest BCUT2D eigenvalue weighted by atomic mass is 35.5. The topological polar surface area (TPSA) is 116 Å². The minimum Gasteiger partial charge on any atom is -0.492 e. The number of nitrogens with two attached hydrogens (primary N) is 1. The van der Waals surface area contributed by atoms with Crippen molar-refractivity contribution in [3.63, 3.8) is 0 Å². The largest absolute Gasteiger partial charge is 0.492 e. The third kappa shape index (κ3) is 10.0. The molecule has 44 heavy (non-hydrogen) atoms. The van der Waals surface area contributed by atoms with Crippen LogP contribution in [0, 0.1) is 5.41 Å². The number of nitrogens with one attached hydrogen (secondary N) is 1. The number of aromatic nitrogens is 1. The van der Waals surface area contributed by atoms with Crippen molar-refractivity contribution in [1.29, 1.82) is 0 Å². The predicted molar refractivity (Wildman–Crippen MR) is 175 cm³/mol. The number of pyridine rings is 1. The molecule has 9 nitrogen and oxygen atoms in total. The summed E-state index contributed by atoms with van der Waals surface area (Å²) < 4.78 is 16.3.